The summed E-state index contributed by atoms with van der Waals surface area (Å²) in [6, 6.07) is 18.7. The molecule has 0 saturated carbocycles. The van der Waals surface area contributed by atoms with Crippen LogP contribution in [-0.2, 0) is 17.6 Å². The molecule has 5 heteroatoms. The second-order valence-electron chi connectivity index (χ2n) is 7.14. The Hall–Kier alpha value is -2.43. The van der Waals surface area contributed by atoms with Gasteiger partial charge in [-0.1, -0.05) is 42.5 Å². The third-order valence-electron chi connectivity index (χ3n) is 5.41. The predicted molar refractivity (Wildman–Crippen MR) is 116 cm³/mol. The second-order valence-corrected chi connectivity index (χ2v) is 7.14. The summed E-state index contributed by atoms with van der Waals surface area (Å²) in [5.41, 5.74) is 2.44. The first kappa shape index (κ1) is 20.3. The van der Waals surface area contributed by atoms with Crippen molar-refractivity contribution in [1.82, 2.24) is 14.8 Å². The first-order valence-corrected chi connectivity index (χ1v) is 9.65. The van der Waals surface area contributed by atoms with E-state index in [2.05, 4.69) is 46.3 Å². The fourth-order valence-electron chi connectivity index (χ4n) is 3.78. The van der Waals surface area contributed by atoms with E-state index in [9.17, 15) is 4.79 Å². The number of rotatable bonds is 5. The van der Waals surface area contributed by atoms with Gasteiger partial charge in [-0.3, -0.25) is 14.7 Å². The van der Waals surface area contributed by atoms with Crippen LogP contribution in [0.1, 0.15) is 11.1 Å². The lowest BCUT2D eigenvalue weighted by Gasteiger charge is -2.35. The number of benzene rings is 2. The molecule has 28 heavy (non-hydrogen) atoms. The average molecular weight is 396 g/mol. The van der Waals surface area contributed by atoms with Gasteiger partial charge in [0.1, 0.15) is 0 Å². The molecule has 1 fully saturated rings. The van der Waals surface area contributed by atoms with Crippen LogP contribution in [0.2, 0.25) is 0 Å². The van der Waals surface area contributed by atoms with Gasteiger partial charge < -0.3 is 4.90 Å². The van der Waals surface area contributed by atoms with Crippen LogP contribution in [-0.4, -0.2) is 53.4 Å². The van der Waals surface area contributed by atoms with E-state index in [0.717, 1.165) is 44.7 Å². The van der Waals surface area contributed by atoms with Crippen LogP contribution in [0.25, 0.3) is 10.8 Å². The molecular formula is C23H26ClN3O. The Kier molecular flexibility index (Phi) is 7.01. The highest BCUT2D eigenvalue weighted by Gasteiger charge is 2.21. The van der Waals surface area contributed by atoms with Gasteiger partial charge in [-0.2, -0.15) is 0 Å². The van der Waals surface area contributed by atoms with Gasteiger partial charge in [0, 0.05) is 45.1 Å². The highest BCUT2D eigenvalue weighted by atomic mass is 35.5. The van der Waals surface area contributed by atoms with Crippen molar-refractivity contribution in [1.29, 1.82) is 0 Å². The number of fused-ring (bicyclic) bond motifs is 1. The summed E-state index contributed by atoms with van der Waals surface area (Å²) in [5.74, 6) is 0.236. The zero-order chi connectivity index (χ0) is 18.5. The zero-order valence-corrected chi connectivity index (χ0v) is 16.8. The molecule has 1 aliphatic rings. The molecule has 3 aromatic rings. The van der Waals surface area contributed by atoms with E-state index in [4.69, 9.17) is 0 Å². The first-order valence-electron chi connectivity index (χ1n) is 9.65. The van der Waals surface area contributed by atoms with Crippen molar-refractivity contribution < 1.29 is 4.79 Å². The molecule has 0 atom stereocenters. The van der Waals surface area contributed by atoms with E-state index < -0.39 is 0 Å². The molecule has 1 amide bonds. The third kappa shape index (κ3) is 4.89. The van der Waals surface area contributed by atoms with E-state index in [0.29, 0.717) is 6.42 Å². The minimum Gasteiger partial charge on any atom is -0.340 e. The number of piperazine rings is 1. The molecule has 146 valence electrons. The Morgan fingerprint density at radius 3 is 2.39 bits per heavy atom. The van der Waals surface area contributed by atoms with Gasteiger partial charge in [0.25, 0.3) is 0 Å². The van der Waals surface area contributed by atoms with Crippen molar-refractivity contribution in [2.75, 3.05) is 32.7 Å². The van der Waals surface area contributed by atoms with Crippen LogP contribution in [0.15, 0.2) is 67.0 Å². The van der Waals surface area contributed by atoms with Crippen molar-refractivity contribution in [2.45, 2.75) is 12.8 Å². The van der Waals surface area contributed by atoms with E-state index in [1.165, 1.54) is 16.3 Å². The van der Waals surface area contributed by atoms with Crippen LogP contribution in [0, 0.1) is 0 Å². The fourth-order valence-corrected chi connectivity index (χ4v) is 3.78. The molecule has 1 aliphatic heterocycles. The molecule has 0 bridgehead atoms. The van der Waals surface area contributed by atoms with Gasteiger partial charge in [-0.05, 0) is 40.5 Å². The Bertz CT molecular complexity index is 903. The Labute approximate surface area is 172 Å². The number of aromatic nitrogens is 1. The van der Waals surface area contributed by atoms with Crippen molar-refractivity contribution in [3.8, 4) is 0 Å². The van der Waals surface area contributed by atoms with Crippen molar-refractivity contribution in [2.24, 2.45) is 0 Å². The maximum atomic E-state index is 12.8. The molecule has 2 aromatic carbocycles. The van der Waals surface area contributed by atoms with Crippen molar-refractivity contribution in [3.63, 3.8) is 0 Å². The Balaban J connectivity index is 0.00000225. The molecular weight excluding hydrogens is 370 g/mol. The lowest BCUT2D eigenvalue weighted by molar-refractivity contribution is -0.132. The number of carbonyl (C=O) groups is 1. The SMILES string of the molecule is Cl.O=C(Cc1cccc2ccccc12)N1CCN(CCc2ccncc2)CC1. The summed E-state index contributed by atoms with van der Waals surface area (Å²) in [6.07, 6.45) is 5.21. The summed E-state index contributed by atoms with van der Waals surface area (Å²) in [4.78, 5) is 21.3. The van der Waals surface area contributed by atoms with Crippen molar-refractivity contribution >= 4 is 29.1 Å². The van der Waals surface area contributed by atoms with E-state index in [1.54, 1.807) is 0 Å². The van der Waals surface area contributed by atoms with E-state index >= 15 is 0 Å². The lowest BCUT2D eigenvalue weighted by Crippen LogP contribution is -2.49. The quantitative estimate of drug-likeness (QED) is 0.662. The van der Waals surface area contributed by atoms with Gasteiger partial charge in [-0.15, -0.1) is 12.4 Å². The molecule has 4 rings (SSSR count). The van der Waals surface area contributed by atoms with Gasteiger partial charge in [0.05, 0.1) is 6.42 Å². The monoisotopic (exact) mass is 395 g/mol. The maximum Gasteiger partial charge on any atom is 0.227 e. The summed E-state index contributed by atoms with van der Waals surface area (Å²) >= 11 is 0. The standard InChI is InChI=1S/C23H25N3O.ClH/c27-23(18-21-6-3-5-20-4-1-2-7-22(20)21)26-16-14-25(15-17-26)13-10-19-8-11-24-12-9-19;/h1-9,11-12H,10,13-18H2;1H. The van der Waals surface area contributed by atoms with E-state index in [1.807, 2.05) is 35.5 Å². The number of hydrogen-bond acceptors (Lipinski definition) is 3. The fraction of sp³-hybridized carbons (Fsp3) is 0.304. The van der Waals surface area contributed by atoms with Gasteiger partial charge in [0.2, 0.25) is 5.91 Å². The molecule has 0 radical (unpaired) electrons. The highest BCUT2D eigenvalue weighted by Crippen LogP contribution is 2.19. The summed E-state index contributed by atoms with van der Waals surface area (Å²) in [7, 11) is 0. The summed E-state index contributed by atoms with van der Waals surface area (Å²) in [5, 5.41) is 2.38. The van der Waals surface area contributed by atoms with Crippen molar-refractivity contribution in [3.05, 3.63) is 78.1 Å². The first-order chi connectivity index (χ1) is 13.3. The van der Waals surface area contributed by atoms with Crippen LogP contribution >= 0.6 is 12.4 Å². The zero-order valence-electron chi connectivity index (χ0n) is 16.0. The number of amides is 1. The minimum atomic E-state index is 0. The average Bonchev–Trinajstić information content (AvgIpc) is 2.74. The third-order valence-corrected chi connectivity index (χ3v) is 5.41. The topological polar surface area (TPSA) is 36.4 Å². The van der Waals surface area contributed by atoms with Gasteiger partial charge in [0.15, 0.2) is 0 Å². The maximum absolute atomic E-state index is 12.8. The largest absolute Gasteiger partial charge is 0.340 e. The molecule has 0 unspecified atom stereocenters. The number of carbonyl (C=O) groups excluding carboxylic acids is 1. The number of hydrogen-bond donors (Lipinski definition) is 0. The molecule has 1 saturated heterocycles. The Morgan fingerprint density at radius 1 is 0.893 bits per heavy atom. The molecule has 2 heterocycles. The number of nitrogens with zero attached hydrogens (tertiary/aromatic N) is 3. The predicted octanol–water partition coefficient (Wildman–Crippen LogP) is 3.59. The van der Waals surface area contributed by atoms with E-state index in [-0.39, 0.29) is 18.3 Å². The van der Waals surface area contributed by atoms with Crippen LogP contribution in [0.3, 0.4) is 0 Å². The minimum absolute atomic E-state index is 0. The van der Waals surface area contributed by atoms with Crippen LogP contribution in [0.5, 0.6) is 0 Å². The Morgan fingerprint density at radius 2 is 1.61 bits per heavy atom. The second kappa shape index (κ2) is 9.67. The lowest BCUT2D eigenvalue weighted by atomic mass is 10.0. The molecule has 1 aromatic heterocycles. The van der Waals surface area contributed by atoms with Gasteiger partial charge in [-0.25, -0.2) is 0 Å². The normalized spacial score (nSPS) is 14.6. The van der Waals surface area contributed by atoms with Crippen LogP contribution in [0.4, 0.5) is 0 Å². The van der Waals surface area contributed by atoms with Gasteiger partial charge >= 0.3 is 0 Å². The summed E-state index contributed by atoms with van der Waals surface area (Å²) < 4.78 is 0. The number of pyridine rings is 1. The van der Waals surface area contributed by atoms with Crippen LogP contribution < -0.4 is 0 Å². The molecule has 0 aliphatic carbocycles. The molecule has 4 nitrogen and oxygen atoms in total. The number of halogens is 1. The smallest absolute Gasteiger partial charge is 0.227 e. The molecule has 0 N–H and O–H groups in total. The summed E-state index contributed by atoms with van der Waals surface area (Å²) in [6.45, 7) is 4.58. The highest BCUT2D eigenvalue weighted by molar-refractivity contribution is 5.90. The molecule has 0 spiro atoms.